The van der Waals surface area contributed by atoms with Crippen molar-refractivity contribution in [1.29, 1.82) is 0 Å². The van der Waals surface area contributed by atoms with Crippen LogP contribution in [0.2, 0.25) is 0 Å². The Kier molecular flexibility index (Phi) is 14.5. The molecule has 10 N–H and O–H groups in total. The third-order valence-electron chi connectivity index (χ3n) is 4.03. The minimum atomic E-state index is -1.22. The number of carboxylic acids is 1. The van der Waals surface area contributed by atoms with Gasteiger partial charge in [-0.05, 0) is 38.2 Å². The molecule has 0 aromatic rings. The summed E-state index contributed by atoms with van der Waals surface area (Å²) in [5.74, 6) is -2.60. The zero-order valence-electron chi connectivity index (χ0n) is 17.7. The molecule has 0 aromatic carbocycles. The average Bonchev–Trinajstić information content (AvgIpc) is 2.70. The number of rotatable bonds is 15. The number of guanidine groups is 1. The number of carboxylic acid groups (broad SMARTS) is 1. The lowest BCUT2D eigenvalue weighted by Crippen LogP contribution is -2.57. The Labute approximate surface area is 191 Å². The van der Waals surface area contributed by atoms with E-state index >= 15 is 0 Å². The fraction of sp³-hybridized carbons (Fsp3) is 0.706. The summed E-state index contributed by atoms with van der Waals surface area (Å²) in [6, 6.07) is -3.98. The second-order valence-corrected chi connectivity index (χ2v) is 8.07. The summed E-state index contributed by atoms with van der Waals surface area (Å²) >= 11 is 5.52. The van der Waals surface area contributed by atoms with Crippen molar-refractivity contribution < 1.29 is 24.3 Å². The molecule has 0 aliphatic carbocycles. The van der Waals surface area contributed by atoms with Gasteiger partial charge in [0.25, 0.3) is 0 Å². The Hall–Kier alpha value is -2.19. The Morgan fingerprint density at radius 3 is 2.03 bits per heavy atom. The van der Waals surface area contributed by atoms with Crippen molar-refractivity contribution in [3.8, 4) is 0 Å². The molecule has 0 saturated carbocycles. The molecule has 0 bridgehead atoms. The van der Waals surface area contributed by atoms with Crippen LogP contribution in [0.4, 0.5) is 0 Å². The molecule has 12 nitrogen and oxygen atoms in total. The molecule has 0 aromatic heterocycles. The summed E-state index contributed by atoms with van der Waals surface area (Å²) in [5.41, 5.74) is 15.9. The maximum absolute atomic E-state index is 12.7. The summed E-state index contributed by atoms with van der Waals surface area (Å²) in [4.78, 5) is 52.3. The van der Waals surface area contributed by atoms with E-state index < -0.39 is 47.9 Å². The zero-order valence-corrected chi connectivity index (χ0v) is 19.4. The maximum Gasteiger partial charge on any atom is 0.326 e. The number of carbonyl (C=O) groups excluding carboxylic acids is 3. The maximum atomic E-state index is 12.7. The highest BCUT2D eigenvalue weighted by Gasteiger charge is 2.29. The van der Waals surface area contributed by atoms with Crippen LogP contribution in [0, 0.1) is 0 Å². The number of aliphatic imine (C=N–C) groups is 1. The van der Waals surface area contributed by atoms with Crippen molar-refractivity contribution in [2.45, 2.75) is 50.4 Å². The van der Waals surface area contributed by atoms with Crippen LogP contribution in [0.25, 0.3) is 0 Å². The van der Waals surface area contributed by atoms with Crippen LogP contribution >= 0.6 is 24.4 Å². The number of nitrogens with two attached hydrogens (primary N) is 3. The lowest BCUT2D eigenvalue weighted by Gasteiger charge is -2.24. The van der Waals surface area contributed by atoms with Crippen LogP contribution in [0.1, 0.15) is 26.2 Å². The predicted octanol–water partition coefficient (Wildman–Crippen LogP) is -2.39. The molecule has 0 aliphatic heterocycles. The second kappa shape index (κ2) is 15.6. The third-order valence-corrected chi connectivity index (χ3v) is 5.04. The molecule has 0 heterocycles. The van der Waals surface area contributed by atoms with E-state index in [2.05, 4.69) is 33.6 Å². The Morgan fingerprint density at radius 1 is 1.00 bits per heavy atom. The number of hydrogen-bond donors (Lipinski definition) is 8. The number of thioether (sulfide) groups is 1. The molecule has 0 rings (SSSR count). The van der Waals surface area contributed by atoms with Crippen molar-refractivity contribution in [2.75, 3.05) is 24.3 Å². The van der Waals surface area contributed by atoms with Gasteiger partial charge in [0.1, 0.15) is 18.1 Å². The topological polar surface area (TPSA) is 215 Å². The van der Waals surface area contributed by atoms with Crippen molar-refractivity contribution in [3.05, 3.63) is 0 Å². The van der Waals surface area contributed by atoms with Gasteiger partial charge in [-0.15, -0.1) is 0 Å². The normalized spacial score (nSPS) is 14.5. The fourth-order valence-corrected chi connectivity index (χ4v) is 3.04. The van der Waals surface area contributed by atoms with Crippen LogP contribution in [0.15, 0.2) is 4.99 Å². The molecule has 3 amide bonds. The molecule has 0 radical (unpaired) electrons. The number of nitrogens with one attached hydrogen (secondary N) is 3. The highest BCUT2D eigenvalue weighted by molar-refractivity contribution is 7.98. The number of carbonyl (C=O) groups is 4. The van der Waals surface area contributed by atoms with E-state index in [0.717, 1.165) is 0 Å². The van der Waals surface area contributed by atoms with E-state index in [9.17, 15) is 24.3 Å². The number of amides is 3. The van der Waals surface area contributed by atoms with Crippen LogP contribution in [0.5, 0.6) is 0 Å². The minimum absolute atomic E-state index is 0.0102. The molecule has 0 saturated heterocycles. The van der Waals surface area contributed by atoms with Crippen molar-refractivity contribution in [3.63, 3.8) is 0 Å². The minimum Gasteiger partial charge on any atom is -0.480 e. The van der Waals surface area contributed by atoms with Gasteiger partial charge in [-0.1, -0.05) is 0 Å². The predicted molar refractivity (Wildman–Crippen MR) is 124 cm³/mol. The first-order valence-corrected chi connectivity index (χ1v) is 11.6. The lowest BCUT2D eigenvalue weighted by atomic mass is 10.1. The lowest BCUT2D eigenvalue weighted by molar-refractivity contribution is -0.142. The number of thiol groups is 1. The molecule has 0 fully saturated rings. The number of hydrogen-bond acceptors (Lipinski definition) is 8. The second-order valence-electron chi connectivity index (χ2n) is 6.72. The monoisotopic (exact) mass is 479 g/mol. The molecule has 31 heavy (non-hydrogen) atoms. The number of aliphatic carboxylic acids is 1. The highest BCUT2D eigenvalue weighted by atomic mass is 32.2. The van der Waals surface area contributed by atoms with E-state index in [4.69, 9.17) is 17.2 Å². The highest BCUT2D eigenvalue weighted by Crippen LogP contribution is 2.05. The fourth-order valence-electron chi connectivity index (χ4n) is 2.31. The molecule has 178 valence electrons. The summed E-state index contributed by atoms with van der Waals surface area (Å²) in [6.07, 6.45) is 2.53. The molecular weight excluding hydrogens is 446 g/mol. The van der Waals surface area contributed by atoms with Crippen molar-refractivity contribution >= 4 is 54.0 Å². The zero-order chi connectivity index (χ0) is 24.0. The van der Waals surface area contributed by atoms with Crippen LogP contribution in [-0.4, -0.2) is 83.2 Å². The Morgan fingerprint density at radius 2 is 1.55 bits per heavy atom. The van der Waals surface area contributed by atoms with Gasteiger partial charge in [0.15, 0.2) is 5.96 Å². The average molecular weight is 480 g/mol. The van der Waals surface area contributed by atoms with Gasteiger partial charge in [0.2, 0.25) is 17.7 Å². The standard InChI is InChI=1S/C17H33N7O5S2/c1-9(18)13(25)24-12(8-30)15(27)22-10(5-7-31-2)14(26)23-11(16(28)29)4-3-6-21-17(19)20/h9-12,30H,3-8,18H2,1-2H3,(H,22,27)(H,23,26)(H,24,25)(H,28,29)(H4,19,20,21). The summed E-state index contributed by atoms with van der Waals surface area (Å²) < 4.78 is 0. The summed E-state index contributed by atoms with van der Waals surface area (Å²) in [5, 5.41) is 16.8. The molecule has 4 unspecified atom stereocenters. The molecule has 14 heteroatoms. The first-order valence-electron chi connectivity index (χ1n) is 9.58. The number of nitrogens with zero attached hydrogens (tertiary/aromatic N) is 1. The van der Waals surface area contributed by atoms with Gasteiger partial charge >= 0.3 is 5.97 Å². The van der Waals surface area contributed by atoms with Crippen molar-refractivity contribution in [1.82, 2.24) is 16.0 Å². The van der Waals surface area contributed by atoms with Crippen LogP contribution in [0.3, 0.4) is 0 Å². The van der Waals surface area contributed by atoms with E-state index in [1.807, 2.05) is 6.26 Å². The molecular formula is C17H33N7O5S2. The van der Waals surface area contributed by atoms with Gasteiger partial charge < -0.3 is 38.3 Å². The van der Waals surface area contributed by atoms with E-state index in [0.29, 0.717) is 12.2 Å². The summed E-state index contributed by atoms with van der Waals surface area (Å²) in [7, 11) is 0. The Balaban J connectivity index is 5.13. The molecule has 0 aliphatic rings. The van der Waals surface area contributed by atoms with Gasteiger partial charge in [-0.3, -0.25) is 19.4 Å². The van der Waals surface area contributed by atoms with Crippen molar-refractivity contribution in [2.24, 2.45) is 22.2 Å². The van der Waals surface area contributed by atoms with Gasteiger partial charge in [-0.2, -0.15) is 24.4 Å². The smallest absolute Gasteiger partial charge is 0.326 e. The first-order chi connectivity index (χ1) is 14.5. The molecule has 0 spiro atoms. The van der Waals surface area contributed by atoms with Crippen LogP contribution in [-0.2, 0) is 19.2 Å². The van der Waals surface area contributed by atoms with E-state index in [-0.39, 0.29) is 31.1 Å². The third kappa shape index (κ3) is 12.3. The largest absolute Gasteiger partial charge is 0.480 e. The van der Waals surface area contributed by atoms with Gasteiger partial charge in [0, 0.05) is 12.3 Å². The quantitative estimate of drug-likeness (QED) is 0.0543. The van der Waals surface area contributed by atoms with Gasteiger partial charge in [0.05, 0.1) is 6.04 Å². The van der Waals surface area contributed by atoms with E-state index in [1.54, 1.807) is 0 Å². The SMILES string of the molecule is CSCCC(NC(=O)C(CS)NC(=O)C(C)N)C(=O)NC(CCCN=C(N)N)C(=O)O. The van der Waals surface area contributed by atoms with E-state index in [1.165, 1.54) is 18.7 Å². The first kappa shape index (κ1) is 28.8. The molecule has 4 atom stereocenters. The summed E-state index contributed by atoms with van der Waals surface area (Å²) in [6.45, 7) is 1.69. The Bertz CT molecular complexity index is 644. The van der Waals surface area contributed by atoms with Crippen LogP contribution < -0.4 is 33.2 Å². The van der Waals surface area contributed by atoms with Gasteiger partial charge in [-0.25, -0.2) is 4.79 Å².